The molecule has 0 aromatic carbocycles. The highest BCUT2D eigenvalue weighted by atomic mass is 16.4. The monoisotopic (exact) mass is 215 g/mol. The summed E-state index contributed by atoms with van der Waals surface area (Å²) in [6.45, 7) is 0.313. The maximum absolute atomic E-state index is 11.3. The Morgan fingerprint density at radius 3 is 2.47 bits per heavy atom. The molecule has 0 saturated carbocycles. The van der Waals surface area contributed by atoms with E-state index in [1.165, 1.54) is 11.9 Å². The molecule has 1 fully saturated rings. The molecule has 0 aromatic heterocycles. The van der Waals surface area contributed by atoms with Crippen molar-refractivity contribution in [1.82, 2.24) is 15.5 Å². The molecule has 0 aliphatic carbocycles. The highest BCUT2D eigenvalue weighted by molar-refractivity contribution is 5.85. The van der Waals surface area contributed by atoms with E-state index in [2.05, 4.69) is 10.6 Å². The minimum Gasteiger partial charge on any atom is -0.481 e. The van der Waals surface area contributed by atoms with Crippen LogP contribution < -0.4 is 10.6 Å². The second-order valence-electron chi connectivity index (χ2n) is 3.27. The molecule has 0 spiro atoms. The highest BCUT2D eigenvalue weighted by Crippen LogP contribution is 2.14. The molecule has 7 heteroatoms. The molecule has 1 heterocycles. The first-order valence-electron chi connectivity index (χ1n) is 4.50. The van der Waals surface area contributed by atoms with Gasteiger partial charge in [0.1, 0.15) is 0 Å². The molecule has 0 atom stereocenters. The van der Waals surface area contributed by atoms with Crippen molar-refractivity contribution in [3.63, 3.8) is 0 Å². The first kappa shape index (κ1) is 11.3. The summed E-state index contributed by atoms with van der Waals surface area (Å²) >= 11 is 0. The van der Waals surface area contributed by atoms with E-state index in [0.29, 0.717) is 0 Å². The van der Waals surface area contributed by atoms with Crippen molar-refractivity contribution in [3.8, 4) is 0 Å². The molecule has 1 rings (SSSR count). The first-order chi connectivity index (χ1) is 7.04. The summed E-state index contributed by atoms with van der Waals surface area (Å²) in [4.78, 5) is 33.8. The van der Waals surface area contributed by atoms with Crippen LogP contribution in [0.25, 0.3) is 0 Å². The average molecular weight is 215 g/mol. The smallest absolute Gasteiger partial charge is 0.317 e. The Labute approximate surface area is 86.4 Å². The number of urea groups is 1. The van der Waals surface area contributed by atoms with Crippen LogP contribution in [0.15, 0.2) is 0 Å². The van der Waals surface area contributed by atoms with Crippen molar-refractivity contribution in [2.75, 3.05) is 26.7 Å². The molecule has 1 aliphatic heterocycles. The third-order valence-electron chi connectivity index (χ3n) is 2.20. The van der Waals surface area contributed by atoms with Crippen LogP contribution in [0.4, 0.5) is 4.79 Å². The summed E-state index contributed by atoms with van der Waals surface area (Å²) in [6.07, 6.45) is 0. The zero-order valence-corrected chi connectivity index (χ0v) is 8.32. The van der Waals surface area contributed by atoms with Gasteiger partial charge in [0.15, 0.2) is 0 Å². The zero-order valence-electron chi connectivity index (χ0n) is 8.32. The van der Waals surface area contributed by atoms with Gasteiger partial charge in [-0.15, -0.1) is 0 Å². The number of hydrogen-bond donors (Lipinski definition) is 3. The fraction of sp³-hybridized carbons (Fsp3) is 0.625. The van der Waals surface area contributed by atoms with E-state index in [0.717, 1.165) is 0 Å². The maximum Gasteiger partial charge on any atom is 0.317 e. The number of carboxylic acid groups (broad SMARTS) is 1. The summed E-state index contributed by atoms with van der Waals surface area (Å²) < 4.78 is 0. The molecule has 3 amide bonds. The summed E-state index contributed by atoms with van der Waals surface area (Å²) in [6, 6.07) is -0.406. The van der Waals surface area contributed by atoms with E-state index in [9.17, 15) is 14.4 Å². The Morgan fingerprint density at radius 1 is 1.40 bits per heavy atom. The van der Waals surface area contributed by atoms with E-state index in [1.54, 1.807) is 0 Å². The lowest BCUT2D eigenvalue weighted by atomic mass is 10.0. The minimum absolute atomic E-state index is 0.0937. The predicted octanol–water partition coefficient (Wildman–Crippen LogP) is -1.54. The normalized spacial score (nSPS) is 15.4. The Bertz CT molecular complexity index is 286. The van der Waals surface area contributed by atoms with Crippen LogP contribution in [0.2, 0.25) is 0 Å². The summed E-state index contributed by atoms with van der Waals surface area (Å²) in [5, 5.41) is 13.3. The molecule has 1 saturated heterocycles. The van der Waals surface area contributed by atoms with E-state index in [-0.39, 0.29) is 25.5 Å². The van der Waals surface area contributed by atoms with Gasteiger partial charge < -0.3 is 20.6 Å². The molecule has 3 N–H and O–H groups in total. The molecular formula is C8H13N3O4. The lowest BCUT2D eigenvalue weighted by molar-refractivity contribution is -0.146. The van der Waals surface area contributed by atoms with E-state index in [4.69, 9.17) is 5.11 Å². The first-order valence-corrected chi connectivity index (χ1v) is 4.50. The average Bonchev–Trinajstić information content (AvgIpc) is 2.11. The van der Waals surface area contributed by atoms with Crippen molar-refractivity contribution in [2.45, 2.75) is 0 Å². The predicted molar refractivity (Wildman–Crippen MR) is 50.2 cm³/mol. The van der Waals surface area contributed by atoms with E-state index < -0.39 is 17.9 Å². The lowest BCUT2D eigenvalue weighted by Crippen LogP contribution is -2.57. The topological polar surface area (TPSA) is 98.7 Å². The van der Waals surface area contributed by atoms with Crippen molar-refractivity contribution in [2.24, 2.45) is 5.92 Å². The lowest BCUT2D eigenvalue weighted by Gasteiger charge is -2.36. The van der Waals surface area contributed by atoms with Gasteiger partial charge in [-0.1, -0.05) is 0 Å². The molecular weight excluding hydrogens is 202 g/mol. The second kappa shape index (κ2) is 4.63. The summed E-state index contributed by atoms with van der Waals surface area (Å²) in [5.74, 6) is -1.67. The fourth-order valence-corrected chi connectivity index (χ4v) is 1.16. The number of carbonyl (C=O) groups is 3. The fourth-order valence-electron chi connectivity index (χ4n) is 1.16. The number of nitrogens with one attached hydrogen (secondary N) is 2. The Morgan fingerprint density at radius 2 is 2.00 bits per heavy atom. The van der Waals surface area contributed by atoms with Gasteiger partial charge in [0.05, 0.1) is 12.5 Å². The molecule has 0 aromatic rings. The Balaban J connectivity index is 2.21. The SMILES string of the molecule is CNC(=O)CNC(=O)N1CC(C(=O)O)C1. The van der Waals surface area contributed by atoms with E-state index >= 15 is 0 Å². The Kier molecular flexibility index (Phi) is 3.48. The van der Waals surface area contributed by atoms with Gasteiger partial charge in [0.25, 0.3) is 0 Å². The molecule has 0 unspecified atom stereocenters. The van der Waals surface area contributed by atoms with Gasteiger partial charge in [0.2, 0.25) is 5.91 Å². The number of likely N-dealkylation sites (tertiary alicyclic amines) is 1. The number of carboxylic acids is 1. The van der Waals surface area contributed by atoms with Gasteiger partial charge in [-0.25, -0.2) is 4.79 Å². The summed E-state index contributed by atoms with van der Waals surface area (Å²) in [7, 11) is 1.47. The van der Waals surface area contributed by atoms with Crippen LogP contribution in [0.5, 0.6) is 0 Å². The second-order valence-corrected chi connectivity index (χ2v) is 3.27. The summed E-state index contributed by atoms with van der Waals surface area (Å²) in [5.41, 5.74) is 0. The van der Waals surface area contributed by atoms with Crippen LogP contribution in [0, 0.1) is 5.92 Å². The number of amides is 3. The molecule has 15 heavy (non-hydrogen) atoms. The quantitative estimate of drug-likeness (QED) is 0.531. The molecule has 1 aliphatic rings. The number of carbonyl (C=O) groups excluding carboxylic acids is 2. The van der Waals surface area contributed by atoms with Crippen LogP contribution in [-0.2, 0) is 9.59 Å². The van der Waals surface area contributed by atoms with Gasteiger partial charge in [-0.2, -0.15) is 0 Å². The molecule has 7 nitrogen and oxygen atoms in total. The minimum atomic E-state index is -0.898. The highest BCUT2D eigenvalue weighted by Gasteiger charge is 2.35. The standard InChI is InChI=1S/C8H13N3O4/c1-9-6(12)2-10-8(15)11-3-5(4-11)7(13)14/h5H,2-4H2,1H3,(H,9,12)(H,10,15)(H,13,14). The van der Waals surface area contributed by atoms with Crippen LogP contribution >= 0.6 is 0 Å². The van der Waals surface area contributed by atoms with Gasteiger partial charge in [-0.05, 0) is 0 Å². The van der Waals surface area contributed by atoms with Crippen molar-refractivity contribution in [1.29, 1.82) is 0 Å². The van der Waals surface area contributed by atoms with Crippen LogP contribution in [-0.4, -0.2) is 54.6 Å². The van der Waals surface area contributed by atoms with Crippen molar-refractivity contribution >= 4 is 17.9 Å². The van der Waals surface area contributed by atoms with Gasteiger partial charge in [0, 0.05) is 20.1 Å². The van der Waals surface area contributed by atoms with Crippen LogP contribution in [0.1, 0.15) is 0 Å². The number of rotatable bonds is 3. The van der Waals surface area contributed by atoms with Gasteiger partial charge >= 0.3 is 12.0 Å². The zero-order chi connectivity index (χ0) is 11.4. The molecule has 0 bridgehead atoms. The maximum atomic E-state index is 11.3. The van der Waals surface area contributed by atoms with Crippen LogP contribution in [0.3, 0.4) is 0 Å². The molecule has 0 radical (unpaired) electrons. The molecule has 84 valence electrons. The van der Waals surface area contributed by atoms with E-state index in [1.807, 2.05) is 0 Å². The Hall–Kier alpha value is -1.79. The number of nitrogens with zero attached hydrogens (tertiary/aromatic N) is 1. The number of hydrogen-bond acceptors (Lipinski definition) is 3. The third-order valence-corrected chi connectivity index (χ3v) is 2.20. The van der Waals surface area contributed by atoms with Crippen molar-refractivity contribution in [3.05, 3.63) is 0 Å². The number of likely N-dealkylation sites (N-methyl/N-ethyl adjacent to an activating group) is 1. The third kappa shape index (κ3) is 2.83. The van der Waals surface area contributed by atoms with Gasteiger partial charge in [-0.3, -0.25) is 9.59 Å². The number of aliphatic carboxylic acids is 1. The largest absolute Gasteiger partial charge is 0.481 e. The van der Waals surface area contributed by atoms with Crippen molar-refractivity contribution < 1.29 is 19.5 Å².